The summed E-state index contributed by atoms with van der Waals surface area (Å²) in [5.41, 5.74) is 5.67. The first-order chi connectivity index (χ1) is 18.3. The number of fused-ring (bicyclic) bond motifs is 2. The van der Waals surface area contributed by atoms with Gasteiger partial charge in [0.15, 0.2) is 0 Å². The normalized spacial score (nSPS) is 18.2. The van der Waals surface area contributed by atoms with E-state index in [0.29, 0.717) is 31.2 Å². The van der Waals surface area contributed by atoms with E-state index in [1.807, 2.05) is 52.6 Å². The molecule has 1 aliphatic heterocycles. The van der Waals surface area contributed by atoms with E-state index in [1.54, 1.807) is 4.90 Å². The number of ether oxygens (including phenoxy) is 1. The summed E-state index contributed by atoms with van der Waals surface area (Å²) >= 11 is 10.3. The average Bonchev–Trinajstić information content (AvgIpc) is 3.24. The fraction of sp³-hybridized carbons (Fsp3) is 0.433. The second-order valence-corrected chi connectivity index (χ2v) is 13.2. The number of hydrogen-bond donors (Lipinski definition) is 0. The first kappa shape index (κ1) is 27.9. The summed E-state index contributed by atoms with van der Waals surface area (Å²) in [5.74, 6) is 0. The molecule has 39 heavy (non-hydrogen) atoms. The summed E-state index contributed by atoms with van der Waals surface area (Å²) in [6.07, 6.45) is 7.63. The first-order valence-electron chi connectivity index (χ1n) is 13.2. The molecule has 0 N–H and O–H groups in total. The van der Waals surface area contributed by atoms with Gasteiger partial charge in [-0.15, -0.1) is 0 Å². The van der Waals surface area contributed by atoms with Crippen molar-refractivity contribution >= 4 is 45.3 Å². The molecule has 1 aromatic carbocycles. The first-order valence-corrected chi connectivity index (χ1v) is 14.4. The quantitative estimate of drug-likeness (QED) is 0.329. The number of piperazine rings is 1. The molecule has 2 aliphatic rings. The minimum absolute atomic E-state index is 0.0998. The van der Waals surface area contributed by atoms with Gasteiger partial charge in [-0.2, -0.15) is 0 Å². The van der Waals surface area contributed by atoms with E-state index in [-0.39, 0.29) is 17.6 Å². The van der Waals surface area contributed by atoms with Crippen molar-refractivity contribution in [2.45, 2.75) is 51.7 Å². The van der Waals surface area contributed by atoms with Crippen LogP contribution in [0.1, 0.15) is 68.7 Å². The third kappa shape index (κ3) is 5.52. The van der Waals surface area contributed by atoms with Gasteiger partial charge in [0, 0.05) is 66.2 Å². The van der Waals surface area contributed by atoms with E-state index < -0.39 is 5.60 Å². The zero-order valence-corrected chi connectivity index (χ0v) is 25.7. The highest BCUT2D eigenvalue weighted by atomic mass is 79.9. The van der Waals surface area contributed by atoms with Crippen molar-refractivity contribution in [2.75, 3.05) is 26.2 Å². The molecule has 9 heteroatoms. The van der Waals surface area contributed by atoms with Gasteiger partial charge < -0.3 is 14.2 Å². The van der Waals surface area contributed by atoms with Crippen molar-refractivity contribution in [3.63, 3.8) is 0 Å². The molecule has 3 aromatic rings. The highest BCUT2D eigenvalue weighted by molar-refractivity contribution is 9.10. The number of hydrogen-bond acceptors (Lipinski definition) is 5. The molecule has 0 spiro atoms. The number of aryl methyl sites for hydroxylation is 1. The van der Waals surface area contributed by atoms with E-state index in [9.17, 15) is 4.79 Å². The molecule has 206 valence electrons. The molecule has 2 aromatic heterocycles. The van der Waals surface area contributed by atoms with Crippen LogP contribution in [-0.2, 0) is 17.2 Å². The number of amides is 1. The summed E-state index contributed by atoms with van der Waals surface area (Å²) in [4.78, 5) is 26.3. The molecular formula is C30H35BrClN5O2. The molecule has 1 aliphatic carbocycles. The third-order valence-corrected chi connectivity index (χ3v) is 8.21. The largest absolute Gasteiger partial charge is 0.444 e. The summed E-state index contributed by atoms with van der Waals surface area (Å²) in [7, 11) is 2.03. The molecule has 1 atom stereocenters. The molecule has 0 radical (unpaired) electrons. The van der Waals surface area contributed by atoms with Crippen molar-refractivity contribution in [3.8, 4) is 0 Å². The summed E-state index contributed by atoms with van der Waals surface area (Å²) < 4.78 is 8.63. The summed E-state index contributed by atoms with van der Waals surface area (Å²) in [6.45, 7) is 12.7. The number of carbonyl (C=O) groups is 1. The van der Waals surface area contributed by atoms with E-state index >= 15 is 0 Å². The van der Waals surface area contributed by atoms with Crippen molar-refractivity contribution < 1.29 is 9.53 Å². The fourth-order valence-electron chi connectivity index (χ4n) is 5.66. The Kier molecular flexibility index (Phi) is 7.42. The van der Waals surface area contributed by atoms with Crippen molar-refractivity contribution in [3.05, 3.63) is 80.6 Å². The van der Waals surface area contributed by atoms with Crippen LogP contribution in [-0.4, -0.2) is 62.2 Å². The van der Waals surface area contributed by atoms with Gasteiger partial charge in [0.25, 0.3) is 0 Å². The molecule has 5 rings (SSSR count). The van der Waals surface area contributed by atoms with Gasteiger partial charge >= 0.3 is 6.09 Å². The number of imidazole rings is 1. The number of aromatic nitrogens is 3. The second-order valence-electron chi connectivity index (χ2n) is 11.8. The fourth-order valence-corrected chi connectivity index (χ4v) is 6.18. The molecular weight excluding hydrogens is 578 g/mol. The molecule has 7 nitrogen and oxygen atoms in total. The molecule has 3 heterocycles. The van der Waals surface area contributed by atoms with E-state index in [4.69, 9.17) is 21.3 Å². The molecule has 0 bridgehead atoms. The maximum atomic E-state index is 12.8. The van der Waals surface area contributed by atoms with Gasteiger partial charge in [-0.3, -0.25) is 9.88 Å². The predicted molar refractivity (Wildman–Crippen MR) is 159 cm³/mol. The van der Waals surface area contributed by atoms with Crippen LogP contribution in [0.3, 0.4) is 0 Å². The molecule has 1 saturated heterocycles. The van der Waals surface area contributed by atoms with Gasteiger partial charge in [-0.05, 0) is 83.2 Å². The number of rotatable bonds is 3. The average molecular weight is 613 g/mol. The van der Waals surface area contributed by atoms with Crippen LogP contribution in [0.15, 0.2) is 47.5 Å². The number of benzene rings is 1. The lowest BCUT2D eigenvalue weighted by atomic mass is 9.76. The highest BCUT2D eigenvalue weighted by Gasteiger charge is 2.38. The number of halogens is 2. The molecule has 0 unspecified atom stereocenters. The number of pyridine rings is 1. The van der Waals surface area contributed by atoms with Crippen LogP contribution in [0.4, 0.5) is 4.79 Å². The van der Waals surface area contributed by atoms with Crippen LogP contribution in [0.25, 0.3) is 11.6 Å². The maximum absolute atomic E-state index is 12.8. The van der Waals surface area contributed by atoms with E-state index in [2.05, 4.69) is 68.5 Å². The van der Waals surface area contributed by atoms with Crippen molar-refractivity contribution in [1.29, 1.82) is 0 Å². The van der Waals surface area contributed by atoms with Crippen molar-refractivity contribution in [2.24, 2.45) is 7.05 Å². The summed E-state index contributed by atoms with van der Waals surface area (Å²) in [6, 6.07) is 8.21. The Morgan fingerprint density at radius 2 is 1.79 bits per heavy atom. The van der Waals surface area contributed by atoms with Crippen LogP contribution >= 0.6 is 27.5 Å². The Hall–Kier alpha value is -2.68. The molecule has 1 amide bonds. The Bertz CT molecular complexity index is 1430. The van der Waals surface area contributed by atoms with Gasteiger partial charge in [0.2, 0.25) is 0 Å². The lowest BCUT2D eigenvalue weighted by molar-refractivity contribution is 0.0118. The number of nitrogens with zero attached hydrogens (tertiary/aromatic N) is 5. The number of allylic oxidation sites excluding steroid dienone is 1. The van der Waals surface area contributed by atoms with Gasteiger partial charge in [0.05, 0.1) is 18.1 Å². The van der Waals surface area contributed by atoms with Gasteiger partial charge in [-0.1, -0.05) is 31.5 Å². The topological polar surface area (TPSA) is 63.5 Å². The Morgan fingerprint density at radius 1 is 1.08 bits per heavy atom. The molecule has 1 fully saturated rings. The lowest BCUT2D eigenvalue weighted by Crippen LogP contribution is -2.51. The monoisotopic (exact) mass is 611 g/mol. The second kappa shape index (κ2) is 10.4. The Labute approximate surface area is 244 Å². The third-order valence-electron chi connectivity index (χ3n) is 7.54. The molecule has 0 saturated carbocycles. The zero-order valence-electron chi connectivity index (χ0n) is 23.3. The Balaban J connectivity index is 1.59. The van der Waals surface area contributed by atoms with Crippen LogP contribution < -0.4 is 0 Å². The van der Waals surface area contributed by atoms with Crippen LogP contribution in [0.2, 0.25) is 5.02 Å². The van der Waals surface area contributed by atoms with Crippen LogP contribution in [0.5, 0.6) is 0 Å². The van der Waals surface area contributed by atoms with Crippen molar-refractivity contribution in [1.82, 2.24) is 24.3 Å². The van der Waals surface area contributed by atoms with E-state index in [1.165, 1.54) is 0 Å². The highest BCUT2D eigenvalue weighted by Crippen LogP contribution is 2.47. The smallest absolute Gasteiger partial charge is 0.410 e. The Morgan fingerprint density at radius 3 is 2.44 bits per heavy atom. The summed E-state index contributed by atoms with van der Waals surface area (Å²) in [5, 5.41) is 0.689. The maximum Gasteiger partial charge on any atom is 0.410 e. The zero-order chi connectivity index (χ0) is 28.1. The minimum Gasteiger partial charge on any atom is -0.444 e. The minimum atomic E-state index is -0.521. The van der Waals surface area contributed by atoms with Crippen LogP contribution in [0, 0.1) is 0 Å². The SMILES string of the molecule is Cn1cncc1C(C)(C)C1=Cc2cc(Br)cnc2[C@H](N2CCN(C(=O)OC(C)(C)C)CC2)c2ccc(Cl)cc21. The van der Waals surface area contributed by atoms with Gasteiger partial charge in [0.1, 0.15) is 5.60 Å². The van der Waals surface area contributed by atoms with Gasteiger partial charge in [-0.25, -0.2) is 9.78 Å². The standard InChI is InChI=1S/C30H35BrClN5O2/c1-29(2,3)39-28(38)37-11-9-36(10-12-37)27-22-8-7-21(32)15-23(22)24(14-19-13-20(31)16-34-26(19)27)30(4,5)25-17-33-18-35(25)6/h7-8,13-18,27H,9-12H2,1-6H3/t27-/m1/s1. The number of carbonyl (C=O) groups excluding carboxylic acids is 1. The van der Waals surface area contributed by atoms with E-state index in [0.717, 1.165) is 38.1 Å². The lowest BCUT2D eigenvalue weighted by Gasteiger charge is -2.40. The predicted octanol–water partition coefficient (Wildman–Crippen LogP) is 6.70.